The van der Waals surface area contributed by atoms with Crippen LogP contribution in [0.5, 0.6) is 23.1 Å². The Morgan fingerprint density at radius 3 is 2.23 bits per heavy atom. The van der Waals surface area contributed by atoms with E-state index in [1.165, 1.54) is 21.3 Å². The maximum absolute atomic E-state index is 11.5. The van der Waals surface area contributed by atoms with Crippen molar-refractivity contribution in [2.75, 3.05) is 21.3 Å². The predicted molar refractivity (Wildman–Crippen MR) is 95.5 cm³/mol. The van der Waals surface area contributed by atoms with Gasteiger partial charge in [0.1, 0.15) is 5.75 Å². The van der Waals surface area contributed by atoms with Crippen molar-refractivity contribution in [3.05, 3.63) is 47.2 Å². The number of halogens is 1. The third-order valence-corrected chi connectivity index (χ3v) is 3.80. The van der Waals surface area contributed by atoms with Gasteiger partial charge in [-0.05, 0) is 41.9 Å². The van der Waals surface area contributed by atoms with E-state index in [-0.39, 0.29) is 11.2 Å². The summed E-state index contributed by atoms with van der Waals surface area (Å²) < 4.78 is 21.1. The van der Waals surface area contributed by atoms with Gasteiger partial charge in [0.05, 0.1) is 37.8 Å². The van der Waals surface area contributed by atoms with E-state index in [2.05, 4.69) is 14.7 Å². The van der Waals surface area contributed by atoms with Crippen LogP contribution in [0.1, 0.15) is 10.4 Å². The molecular weight excluding hydrogens is 360 g/mol. The van der Waals surface area contributed by atoms with Gasteiger partial charge >= 0.3 is 5.97 Å². The number of methoxy groups -OCH3 is 3. The predicted octanol–water partition coefficient (Wildman–Crippen LogP) is 3.88. The van der Waals surface area contributed by atoms with Crippen LogP contribution in [0.4, 0.5) is 0 Å². The molecule has 0 unspecified atom stereocenters. The third kappa shape index (κ3) is 3.48. The monoisotopic (exact) mass is 374 g/mol. The zero-order valence-corrected chi connectivity index (χ0v) is 15.0. The Hall–Kier alpha value is -3.06. The van der Waals surface area contributed by atoms with Gasteiger partial charge in [-0.1, -0.05) is 0 Å². The summed E-state index contributed by atoms with van der Waals surface area (Å²) in [6.45, 7) is 0. The molecule has 1 heterocycles. The van der Waals surface area contributed by atoms with E-state index in [4.69, 9.17) is 25.8 Å². The minimum Gasteiger partial charge on any atom is -0.493 e. The molecule has 0 aliphatic rings. The smallest absolute Gasteiger partial charge is 0.337 e. The molecule has 0 spiro atoms. The molecule has 0 N–H and O–H groups in total. The lowest BCUT2D eigenvalue weighted by atomic mass is 10.2. The maximum atomic E-state index is 11.5. The molecule has 2 aromatic carbocycles. The second-order valence-electron chi connectivity index (χ2n) is 5.14. The highest BCUT2D eigenvalue weighted by molar-refractivity contribution is 6.28. The number of hydrogen-bond donors (Lipinski definition) is 0. The Balaban J connectivity index is 2.02. The second-order valence-corrected chi connectivity index (χ2v) is 5.48. The number of benzene rings is 2. The highest BCUT2D eigenvalue weighted by Crippen LogP contribution is 2.36. The first-order valence-electron chi connectivity index (χ1n) is 7.51. The van der Waals surface area contributed by atoms with Gasteiger partial charge in [-0.25, -0.2) is 9.78 Å². The average Bonchev–Trinajstić information content (AvgIpc) is 2.66. The van der Waals surface area contributed by atoms with E-state index >= 15 is 0 Å². The Kier molecular flexibility index (Phi) is 5.09. The quantitative estimate of drug-likeness (QED) is 0.495. The maximum Gasteiger partial charge on any atom is 0.337 e. The molecule has 0 atom stereocenters. The standard InChI is InChI=1S/C18H15ClN2O5/c1-23-14-8-12-13(9-15(14)24-2)20-18(19)21-16(12)26-11-6-4-10(5-7-11)17(22)25-3/h4-9H,1-3H3. The molecule has 1 aromatic heterocycles. The van der Waals surface area contributed by atoms with Crippen LogP contribution in [0.3, 0.4) is 0 Å². The molecular formula is C18H15ClN2O5. The summed E-state index contributed by atoms with van der Waals surface area (Å²) in [6.07, 6.45) is 0. The largest absolute Gasteiger partial charge is 0.493 e. The molecule has 3 rings (SSSR count). The van der Waals surface area contributed by atoms with Crippen molar-refractivity contribution in [1.82, 2.24) is 9.97 Å². The summed E-state index contributed by atoms with van der Waals surface area (Å²) >= 11 is 6.01. The summed E-state index contributed by atoms with van der Waals surface area (Å²) in [5, 5.41) is 0.634. The Labute approximate surface area is 154 Å². The number of aromatic nitrogens is 2. The lowest BCUT2D eigenvalue weighted by Gasteiger charge is -2.12. The fourth-order valence-corrected chi connectivity index (χ4v) is 2.53. The fourth-order valence-electron chi connectivity index (χ4n) is 2.37. The number of esters is 1. The first-order valence-corrected chi connectivity index (χ1v) is 7.89. The number of carbonyl (C=O) groups is 1. The number of ether oxygens (including phenoxy) is 4. The molecule has 134 valence electrons. The Morgan fingerprint density at radius 2 is 1.62 bits per heavy atom. The fraction of sp³-hybridized carbons (Fsp3) is 0.167. The molecule has 8 heteroatoms. The zero-order chi connectivity index (χ0) is 18.7. The topological polar surface area (TPSA) is 79.8 Å². The van der Waals surface area contributed by atoms with E-state index in [0.717, 1.165) is 0 Å². The third-order valence-electron chi connectivity index (χ3n) is 3.63. The van der Waals surface area contributed by atoms with E-state index in [1.807, 2.05) is 0 Å². The molecule has 0 aliphatic heterocycles. The van der Waals surface area contributed by atoms with E-state index in [1.54, 1.807) is 36.4 Å². The minimum absolute atomic E-state index is 0.0332. The van der Waals surface area contributed by atoms with Gasteiger partial charge in [0.25, 0.3) is 0 Å². The van der Waals surface area contributed by atoms with Gasteiger partial charge in [0, 0.05) is 6.07 Å². The number of carbonyl (C=O) groups excluding carboxylic acids is 1. The van der Waals surface area contributed by atoms with Crippen LogP contribution in [0.15, 0.2) is 36.4 Å². The molecule has 0 bridgehead atoms. The van der Waals surface area contributed by atoms with Crippen molar-refractivity contribution in [1.29, 1.82) is 0 Å². The van der Waals surface area contributed by atoms with Crippen LogP contribution in [0.25, 0.3) is 10.9 Å². The van der Waals surface area contributed by atoms with Crippen molar-refractivity contribution < 1.29 is 23.7 Å². The van der Waals surface area contributed by atoms with Gasteiger partial charge < -0.3 is 18.9 Å². The van der Waals surface area contributed by atoms with Crippen LogP contribution in [-0.2, 0) is 4.74 Å². The van der Waals surface area contributed by atoms with Crippen LogP contribution in [0.2, 0.25) is 5.28 Å². The lowest BCUT2D eigenvalue weighted by Crippen LogP contribution is -2.00. The Morgan fingerprint density at radius 1 is 0.962 bits per heavy atom. The Bertz CT molecular complexity index is 960. The second kappa shape index (κ2) is 7.45. The number of hydrogen-bond acceptors (Lipinski definition) is 7. The molecule has 0 fully saturated rings. The van der Waals surface area contributed by atoms with Crippen LogP contribution in [0, 0.1) is 0 Å². The highest BCUT2D eigenvalue weighted by atomic mass is 35.5. The zero-order valence-electron chi connectivity index (χ0n) is 14.3. The van der Waals surface area contributed by atoms with Crippen molar-refractivity contribution in [2.45, 2.75) is 0 Å². The minimum atomic E-state index is -0.427. The molecule has 7 nitrogen and oxygen atoms in total. The lowest BCUT2D eigenvalue weighted by molar-refractivity contribution is 0.0600. The van der Waals surface area contributed by atoms with Crippen LogP contribution >= 0.6 is 11.6 Å². The van der Waals surface area contributed by atoms with Gasteiger partial charge in [-0.3, -0.25) is 0 Å². The highest BCUT2D eigenvalue weighted by Gasteiger charge is 2.15. The first kappa shape index (κ1) is 17.8. The number of fused-ring (bicyclic) bond motifs is 1. The van der Waals surface area contributed by atoms with Crippen LogP contribution in [-0.4, -0.2) is 37.3 Å². The summed E-state index contributed by atoms with van der Waals surface area (Å²) in [4.78, 5) is 19.8. The summed E-state index contributed by atoms with van der Waals surface area (Å²) in [5.74, 6) is 1.33. The molecule has 0 amide bonds. The SMILES string of the molecule is COC(=O)c1ccc(Oc2nc(Cl)nc3cc(OC)c(OC)cc23)cc1. The molecule has 0 saturated heterocycles. The van der Waals surface area contributed by atoms with Gasteiger partial charge in [0.15, 0.2) is 11.5 Å². The van der Waals surface area contributed by atoms with Gasteiger partial charge in [-0.2, -0.15) is 4.98 Å². The van der Waals surface area contributed by atoms with Crippen molar-refractivity contribution in [3.8, 4) is 23.1 Å². The molecule has 0 saturated carbocycles. The van der Waals surface area contributed by atoms with Gasteiger partial charge in [-0.15, -0.1) is 0 Å². The van der Waals surface area contributed by atoms with Crippen LogP contribution < -0.4 is 14.2 Å². The number of nitrogens with zero attached hydrogens (tertiary/aromatic N) is 2. The molecule has 0 radical (unpaired) electrons. The first-order chi connectivity index (χ1) is 12.5. The van der Waals surface area contributed by atoms with Crippen molar-refractivity contribution in [3.63, 3.8) is 0 Å². The summed E-state index contributed by atoms with van der Waals surface area (Å²) in [7, 11) is 4.39. The molecule has 26 heavy (non-hydrogen) atoms. The molecule has 3 aromatic rings. The van der Waals surface area contributed by atoms with E-state index in [9.17, 15) is 4.79 Å². The van der Waals surface area contributed by atoms with Gasteiger partial charge in [0.2, 0.25) is 11.2 Å². The normalized spacial score (nSPS) is 10.5. The van der Waals surface area contributed by atoms with E-state index in [0.29, 0.717) is 33.7 Å². The summed E-state index contributed by atoms with van der Waals surface area (Å²) in [5.41, 5.74) is 0.959. The summed E-state index contributed by atoms with van der Waals surface area (Å²) in [6, 6.07) is 9.85. The van der Waals surface area contributed by atoms with Crippen molar-refractivity contribution in [2.24, 2.45) is 0 Å². The van der Waals surface area contributed by atoms with E-state index < -0.39 is 5.97 Å². The average molecular weight is 375 g/mol. The number of rotatable bonds is 5. The molecule has 0 aliphatic carbocycles. The van der Waals surface area contributed by atoms with Crippen molar-refractivity contribution >= 4 is 28.5 Å².